The first-order valence-electron chi connectivity index (χ1n) is 9.32. The molecule has 29 heavy (non-hydrogen) atoms. The van der Waals surface area contributed by atoms with E-state index in [2.05, 4.69) is 0 Å². The van der Waals surface area contributed by atoms with Crippen LogP contribution < -0.4 is 0 Å². The van der Waals surface area contributed by atoms with E-state index in [0.29, 0.717) is 0 Å². The van der Waals surface area contributed by atoms with Gasteiger partial charge in [0.2, 0.25) is 5.91 Å². The highest BCUT2D eigenvalue weighted by atomic mass is 16.6. The van der Waals surface area contributed by atoms with E-state index in [1.165, 1.54) is 9.80 Å². The fraction of sp³-hybridized carbons (Fsp3) is 0.227. The van der Waals surface area contributed by atoms with Gasteiger partial charge in [-0.3, -0.25) is 14.5 Å². The first kappa shape index (κ1) is 18.7. The van der Waals surface area contributed by atoms with Gasteiger partial charge in [0, 0.05) is 0 Å². The van der Waals surface area contributed by atoms with Crippen LogP contribution in [0.1, 0.15) is 17.2 Å². The van der Waals surface area contributed by atoms with Gasteiger partial charge >= 0.3 is 12.1 Å². The zero-order valence-electron chi connectivity index (χ0n) is 15.5. The number of carbonyl (C=O) groups excluding carboxylic acids is 2. The third kappa shape index (κ3) is 3.59. The minimum atomic E-state index is -1.10. The number of amides is 2. The summed E-state index contributed by atoms with van der Waals surface area (Å²) in [7, 11) is 0. The Labute approximate surface area is 167 Å². The largest absolute Gasteiger partial charge is 0.480 e. The molecule has 2 unspecified atom stereocenters. The van der Waals surface area contributed by atoms with E-state index in [9.17, 15) is 19.5 Å². The van der Waals surface area contributed by atoms with E-state index < -0.39 is 42.6 Å². The number of hydrogen-bond acceptors (Lipinski definition) is 4. The van der Waals surface area contributed by atoms with E-state index in [4.69, 9.17) is 4.74 Å². The summed E-state index contributed by atoms with van der Waals surface area (Å²) in [5, 5.41) is 9.18. The molecule has 0 bridgehead atoms. The Morgan fingerprint density at radius 3 is 2.38 bits per heavy atom. The van der Waals surface area contributed by atoms with Crippen molar-refractivity contribution in [2.24, 2.45) is 0 Å². The van der Waals surface area contributed by atoms with Gasteiger partial charge in [0.05, 0.1) is 12.1 Å². The van der Waals surface area contributed by atoms with Gasteiger partial charge in [-0.05, 0) is 11.1 Å². The predicted molar refractivity (Wildman–Crippen MR) is 105 cm³/mol. The SMILES string of the molecule is O=C(O)CN1C(=O)C(N2C(=O)OC[C@@H]2c2ccccc2)C1C=Cc1ccccc1. The molecule has 4 rings (SSSR count). The molecule has 2 aliphatic heterocycles. The third-order valence-electron chi connectivity index (χ3n) is 5.21. The molecule has 2 saturated heterocycles. The highest BCUT2D eigenvalue weighted by molar-refractivity contribution is 5.96. The molecule has 7 nitrogen and oxygen atoms in total. The van der Waals surface area contributed by atoms with Gasteiger partial charge in [0.25, 0.3) is 0 Å². The Bertz CT molecular complexity index is 944. The summed E-state index contributed by atoms with van der Waals surface area (Å²) in [6.07, 6.45) is 3.04. The molecule has 2 amide bonds. The summed E-state index contributed by atoms with van der Waals surface area (Å²) < 4.78 is 5.24. The smallest absolute Gasteiger partial charge is 0.411 e. The topological polar surface area (TPSA) is 87.2 Å². The van der Waals surface area contributed by atoms with Crippen LogP contribution in [-0.4, -0.2) is 58.1 Å². The molecule has 1 N–H and O–H groups in total. The van der Waals surface area contributed by atoms with Crippen LogP contribution in [-0.2, 0) is 14.3 Å². The van der Waals surface area contributed by atoms with Crippen LogP contribution in [0.4, 0.5) is 4.79 Å². The van der Waals surface area contributed by atoms with Gasteiger partial charge in [0.15, 0.2) is 0 Å². The summed E-state index contributed by atoms with van der Waals surface area (Å²) in [6, 6.07) is 17.1. The van der Waals surface area contributed by atoms with Gasteiger partial charge < -0.3 is 14.7 Å². The summed E-state index contributed by atoms with van der Waals surface area (Å²) in [6.45, 7) is -0.265. The van der Waals surface area contributed by atoms with Crippen LogP contribution in [0.2, 0.25) is 0 Å². The van der Waals surface area contributed by atoms with Crippen molar-refractivity contribution in [3.63, 3.8) is 0 Å². The van der Waals surface area contributed by atoms with Crippen molar-refractivity contribution in [1.82, 2.24) is 9.80 Å². The number of likely N-dealkylation sites (tertiary alicyclic amines) is 1. The predicted octanol–water partition coefficient (Wildman–Crippen LogP) is 2.56. The van der Waals surface area contributed by atoms with Crippen LogP contribution in [0.3, 0.4) is 0 Å². The second-order valence-corrected chi connectivity index (χ2v) is 6.98. The van der Waals surface area contributed by atoms with Crippen molar-refractivity contribution in [3.05, 3.63) is 77.9 Å². The van der Waals surface area contributed by atoms with Crippen molar-refractivity contribution >= 4 is 24.0 Å². The number of carboxylic acid groups (broad SMARTS) is 1. The lowest BCUT2D eigenvalue weighted by Gasteiger charge is -2.49. The van der Waals surface area contributed by atoms with Crippen LogP contribution >= 0.6 is 0 Å². The number of β-lactam (4-membered cyclic amide) rings is 1. The Kier molecular flexibility index (Phi) is 5.03. The van der Waals surface area contributed by atoms with Crippen LogP contribution in [0.5, 0.6) is 0 Å². The molecule has 148 valence electrons. The number of benzene rings is 2. The van der Waals surface area contributed by atoms with E-state index >= 15 is 0 Å². The maximum atomic E-state index is 12.8. The lowest BCUT2D eigenvalue weighted by Crippen LogP contribution is -2.71. The molecule has 0 aliphatic carbocycles. The van der Waals surface area contributed by atoms with Crippen LogP contribution in [0, 0.1) is 0 Å². The molecule has 2 heterocycles. The maximum absolute atomic E-state index is 12.8. The monoisotopic (exact) mass is 392 g/mol. The van der Waals surface area contributed by atoms with Crippen molar-refractivity contribution in [3.8, 4) is 0 Å². The summed E-state index contributed by atoms with van der Waals surface area (Å²) in [4.78, 5) is 39.2. The molecule has 2 fully saturated rings. The highest BCUT2D eigenvalue weighted by Gasteiger charge is 2.55. The van der Waals surface area contributed by atoms with Crippen LogP contribution in [0.25, 0.3) is 6.08 Å². The molecule has 0 radical (unpaired) electrons. The molecular weight excluding hydrogens is 372 g/mol. The number of cyclic esters (lactones) is 1. The van der Waals surface area contributed by atoms with E-state index in [0.717, 1.165) is 11.1 Å². The number of ether oxygens (including phenoxy) is 1. The molecule has 2 aromatic carbocycles. The maximum Gasteiger partial charge on any atom is 0.411 e. The number of aliphatic carboxylic acids is 1. The molecular formula is C22H20N2O5. The Morgan fingerprint density at radius 2 is 1.72 bits per heavy atom. The van der Waals surface area contributed by atoms with Gasteiger partial charge in [-0.25, -0.2) is 4.79 Å². The normalized spacial score (nSPS) is 23.9. The van der Waals surface area contributed by atoms with Crippen molar-refractivity contribution in [1.29, 1.82) is 0 Å². The van der Waals surface area contributed by atoms with E-state index in [1.807, 2.05) is 66.7 Å². The second-order valence-electron chi connectivity index (χ2n) is 6.98. The number of carbonyl (C=O) groups is 3. The summed E-state index contributed by atoms with van der Waals surface area (Å²) in [5.74, 6) is -1.49. The van der Waals surface area contributed by atoms with Gasteiger partial charge in [-0.1, -0.05) is 72.8 Å². The fourth-order valence-electron chi connectivity index (χ4n) is 3.82. The zero-order valence-corrected chi connectivity index (χ0v) is 15.5. The molecule has 2 aromatic rings. The first-order chi connectivity index (χ1) is 14.1. The number of rotatable bonds is 6. The summed E-state index contributed by atoms with van der Waals surface area (Å²) in [5.41, 5.74) is 1.79. The molecule has 7 heteroatoms. The molecule has 2 aliphatic rings. The Morgan fingerprint density at radius 1 is 1.07 bits per heavy atom. The fourth-order valence-corrected chi connectivity index (χ4v) is 3.82. The number of carboxylic acids is 1. The van der Waals surface area contributed by atoms with Crippen molar-refractivity contribution in [2.75, 3.05) is 13.2 Å². The average molecular weight is 392 g/mol. The van der Waals surface area contributed by atoms with Gasteiger partial charge in [-0.2, -0.15) is 0 Å². The highest BCUT2D eigenvalue weighted by Crippen LogP contribution is 2.37. The quantitative estimate of drug-likeness (QED) is 0.764. The number of nitrogens with zero attached hydrogens (tertiary/aromatic N) is 2. The molecule has 0 spiro atoms. The van der Waals surface area contributed by atoms with Crippen LogP contribution in [0.15, 0.2) is 66.7 Å². The molecule has 3 atom stereocenters. The second kappa shape index (κ2) is 7.79. The van der Waals surface area contributed by atoms with Crippen molar-refractivity contribution in [2.45, 2.75) is 18.1 Å². The molecule has 0 aromatic heterocycles. The minimum absolute atomic E-state index is 0.153. The standard InChI is InChI=1S/C22H20N2O5/c25-19(26)13-23-17(12-11-15-7-3-1-4-8-15)20(21(23)27)24-18(14-29-22(24)28)16-9-5-2-6-10-16/h1-12,17-18,20H,13-14H2,(H,25,26)/t17?,18-,20?/m1/s1. The lowest BCUT2D eigenvalue weighted by atomic mass is 9.90. The summed E-state index contributed by atoms with van der Waals surface area (Å²) >= 11 is 0. The van der Waals surface area contributed by atoms with Gasteiger partial charge in [0.1, 0.15) is 19.2 Å². The number of hydrogen-bond donors (Lipinski definition) is 1. The Hall–Kier alpha value is -3.61. The minimum Gasteiger partial charge on any atom is -0.480 e. The third-order valence-corrected chi connectivity index (χ3v) is 5.21. The van der Waals surface area contributed by atoms with Gasteiger partial charge in [-0.15, -0.1) is 0 Å². The Balaban J connectivity index is 1.64. The van der Waals surface area contributed by atoms with Crippen molar-refractivity contribution < 1.29 is 24.2 Å². The first-order valence-corrected chi connectivity index (χ1v) is 9.32. The lowest BCUT2D eigenvalue weighted by molar-refractivity contribution is -0.161. The average Bonchev–Trinajstić information content (AvgIpc) is 3.11. The zero-order chi connectivity index (χ0) is 20.4. The van der Waals surface area contributed by atoms with E-state index in [1.54, 1.807) is 6.08 Å². The molecule has 0 saturated carbocycles. The van der Waals surface area contributed by atoms with E-state index in [-0.39, 0.29) is 6.61 Å².